The number of carbonyl (C=O) groups is 1. The summed E-state index contributed by atoms with van der Waals surface area (Å²) in [5.41, 5.74) is 1.01. The summed E-state index contributed by atoms with van der Waals surface area (Å²) in [5, 5.41) is 7.18. The van der Waals surface area contributed by atoms with Gasteiger partial charge in [0.15, 0.2) is 5.82 Å². The summed E-state index contributed by atoms with van der Waals surface area (Å²) >= 11 is 0. The molecule has 0 spiro atoms. The van der Waals surface area contributed by atoms with Gasteiger partial charge < -0.3 is 10.2 Å². The van der Waals surface area contributed by atoms with Crippen molar-refractivity contribution >= 4 is 17.7 Å². The van der Waals surface area contributed by atoms with Gasteiger partial charge in [-0.1, -0.05) is 0 Å². The van der Waals surface area contributed by atoms with Crippen molar-refractivity contribution in [3.63, 3.8) is 0 Å². The molecule has 2 aromatic heterocycles. The smallest absolute Gasteiger partial charge is 0.230 e. The van der Waals surface area contributed by atoms with Crippen LogP contribution in [0.1, 0.15) is 18.5 Å². The number of piperidine rings is 1. The van der Waals surface area contributed by atoms with Gasteiger partial charge in [0.1, 0.15) is 0 Å². The van der Waals surface area contributed by atoms with E-state index in [1.54, 1.807) is 23.1 Å². The standard InChI is InChI=1S/C15H20N6O/c1-11-9-13(19-20(11)2)18-14(22)12-5-3-8-21(10-12)15-16-6-4-7-17-15/h4,6-7,9,12H,3,5,8,10H2,1-2H3,(H,18,19,22). The van der Waals surface area contributed by atoms with Crippen LogP contribution >= 0.6 is 0 Å². The van der Waals surface area contributed by atoms with Crippen LogP contribution in [-0.2, 0) is 11.8 Å². The fourth-order valence-electron chi connectivity index (χ4n) is 2.68. The molecule has 1 aliphatic rings. The first-order valence-corrected chi connectivity index (χ1v) is 7.47. The van der Waals surface area contributed by atoms with Gasteiger partial charge in [0.05, 0.1) is 5.92 Å². The Hall–Kier alpha value is -2.44. The van der Waals surface area contributed by atoms with Crippen molar-refractivity contribution in [1.82, 2.24) is 19.7 Å². The lowest BCUT2D eigenvalue weighted by molar-refractivity contribution is -0.120. The minimum atomic E-state index is -0.0696. The van der Waals surface area contributed by atoms with Gasteiger partial charge in [-0.2, -0.15) is 5.10 Å². The highest BCUT2D eigenvalue weighted by atomic mass is 16.2. The van der Waals surface area contributed by atoms with E-state index in [0.29, 0.717) is 18.3 Å². The second-order valence-corrected chi connectivity index (χ2v) is 5.62. The molecule has 1 atom stereocenters. The van der Waals surface area contributed by atoms with Gasteiger partial charge in [-0.3, -0.25) is 9.48 Å². The molecule has 1 aliphatic heterocycles. The number of carbonyl (C=O) groups excluding carboxylic acids is 1. The predicted molar refractivity (Wildman–Crippen MR) is 83.5 cm³/mol. The molecular formula is C15H20N6O. The summed E-state index contributed by atoms with van der Waals surface area (Å²) in [6.07, 6.45) is 5.28. The molecule has 2 aromatic rings. The van der Waals surface area contributed by atoms with Gasteiger partial charge in [0.25, 0.3) is 0 Å². The van der Waals surface area contributed by atoms with Crippen LogP contribution in [0.4, 0.5) is 11.8 Å². The minimum absolute atomic E-state index is 0.0127. The quantitative estimate of drug-likeness (QED) is 0.926. The van der Waals surface area contributed by atoms with Crippen LogP contribution in [0.3, 0.4) is 0 Å². The zero-order chi connectivity index (χ0) is 15.5. The van der Waals surface area contributed by atoms with E-state index in [9.17, 15) is 4.79 Å². The highest BCUT2D eigenvalue weighted by molar-refractivity contribution is 5.92. The molecule has 1 N–H and O–H groups in total. The zero-order valence-electron chi connectivity index (χ0n) is 12.9. The molecule has 7 nitrogen and oxygen atoms in total. The number of aryl methyl sites for hydroxylation is 2. The van der Waals surface area contributed by atoms with Crippen LogP contribution in [0.15, 0.2) is 24.5 Å². The molecule has 0 saturated carbocycles. The van der Waals surface area contributed by atoms with Gasteiger partial charge in [0.2, 0.25) is 11.9 Å². The maximum atomic E-state index is 12.4. The molecule has 0 aliphatic carbocycles. The maximum Gasteiger partial charge on any atom is 0.230 e. The predicted octanol–water partition coefficient (Wildman–Crippen LogP) is 1.37. The van der Waals surface area contributed by atoms with E-state index < -0.39 is 0 Å². The fraction of sp³-hybridized carbons (Fsp3) is 0.467. The van der Waals surface area contributed by atoms with E-state index in [1.165, 1.54) is 0 Å². The van der Waals surface area contributed by atoms with Crippen LogP contribution in [0.25, 0.3) is 0 Å². The van der Waals surface area contributed by atoms with Crippen molar-refractivity contribution in [1.29, 1.82) is 0 Å². The van der Waals surface area contributed by atoms with Crippen molar-refractivity contribution in [2.24, 2.45) is 13.0 Å². The van der Waals surface area contributed by atoms with E-state index in [2.05, 4.69) is 25.3 Å². The zero-order valence-corrected chi connectivity index (χ0v) is 12.9. The van der Waals surface area contributed by atoms with E-state index in [0.717, 1.165) is 25.1 Å². The Morgan fingerprint density at radius 1 is 1.36 bits per heavy atom. The largest absolute Gasteiger partial charge is 0.340 e. The minimum Gasteiger partial charge on any atom is -0.340 e. The number of amides is 1. The van der Waals surface area contributed by atoms with Crippen LogP contribution in [0.2, 0.25) is 0 Å². The van der Waals surface area contributed by atoms with Gasteiger partial charge in [-0.25, -0.2) is 9.97 Å². The third kappa shape index (κ3) is 3.08. The molecule has 22 heavy (non-hydrogen) atoms. The molecule has 0 bridgehead atoms. The van der Waals surface area contributed by atoms with Crippen LogP contribution in [0.5, 0.6) is 0 Å². The summed E-state index contributed by atoms with van der Waals surface area (Å²) in [5.74, 6) is 1.24. The second-order valence-electron chi connectivity index (χ2n) is 5.62. The number of nitrogens with zero attached hydrogens (tertiary/aromatic N) is 5. The van der Waals surface area contributed by atoms with E-state index in [1.807, 2.05) is 20.0 Å². The van der Waals surface area contributed by atoms with E-state index in [-0.39, 0.29) is 11.8 Å². The van der Waals surface area contributed by atoms with Crippen LogP contribution in [0, 0.1) is 12.8 Å². The second kappa shape index (κ2) is 6.13. The number of nitrogens with one attached hydrogen (secondary N) is 1. The normalized spacial score (nSPS) is 18.3. The molecule has 116 valence electrons. The highest BCUT2D eigenvalue weighted by Gasteiger charge is 2.27. The number of anilines is 2. The molecule has 1 amide bonds. The lowest BCUT2D eigenvalue weighted by Gasteiger charge is -2.31. The van der Waals surface area contributed by atoms with Crippen LogP contribution < -0.4 is 10.2 Å². The average molecular weight is 300 g/mol. The molecule has 1 unspecified atom stereocenters. The Kier molecular flexibility index (Phi) is 4.04. The molecule has 7 heteroatoms. The summed E-state index contributed by atoms with van der Waals surface area (Å²) in [6.45, 7) is 3.48. The Morgan fingerprint density at radius 2 is 2.14 bits per heavy atom. The Balaban J connectivity index is 1.65. The monoisotopic (exact) mass is 300 g/mol. The van der Waals surface area contributed by atoms with Gasteiger partial charge in [0, 0.05) is 44.3 Å². The molecule has 3 rings (SSSR count). The summed E-state index contributed by atoms with van der Waals surface area (Å²) < 4.78 is 1.75. The molecular weight excluding hydrogens is 280 g/mol. The lowest BCUT2D eigenvalue weighted by Crippen LogP contribution is -2.41. The van der Waals surface area contributed by atoms with Gasteiger partial charge in [-0.15, -0.1) is 0 Å². The van der Waals surface area contributed by atoms with Crippen LogP contribution in [-0.4, -0.2) is 38.7 Å². The first-order chi connectivity index (χ1) is 10.6. The first kappa shape index (κ1) is 14.5. The summed E-state index contributed by atoms with van der Waals surface area (Å²) in [4.78, 5) is 23.0. The fourth-order valence-corrected chi connectivity index (χ4v) is 2.68. The highest BCUT2D eigenvalue weighted by Crippen LogP contribution is 2.21. The number of hydrogen-bond donors (Lipinski definition) is 1. The third-order valence-corrected chi connectivity index (χ3v) is 3.99. The van der Waals surface area contributed by atoms with Gasteiger partial charge in [-0.05, 0) is 25.8 Å². The van der Waals surface area contributed by atoms with Crippen molar-refractivity contribution in [2.45, 2.75) is 19.8 Å². The molecule has 1 fully saturated rings. The molecule has 3 heterocycles. The van der Waals surface area contributed by atoms with Crippen molar-refractivity contribution in [2.75, 3.05) is 23.3 Å². The van der Waals surface area contributed by atoms with E-state index >= 15 is 0 Å². The van der Waals surface area contributed by atoms with Crippen molar-refractivity contribution < 1.29 is 4.79 Å². The summed E-state index contributed by atoms with van der Waals surface area (Å²) in [6, 6.07) is 3.67. The Morgan fingerprint density at radius 3 is 2.82 bits per heavy atom. The Bertz CT molecular complexity index is 634. The lowest BCUT2D eigenvalue weighted by atomic mass is 9.97. The molecule has 0 radical (unpaired) electrons. The van der Waals surface area contributed by atoms with Crippen molar-refractivity contribution in [3.05, 3.63) is 30.2 Å². The topological polar surface area (TPSA) is 75.9 Å². The average Bonchev–Trinajstić information content (AvgIpc) is 2.86. The number of rotatable bonds is 3. The number of aromatic nitrogens is 4. The number of hydrogen-bond acceptors (Lipinski definition) is 5. The van der Waals surface area contributed by atoms with Crippen molar-refractivity contribution in [3.8, 4) is 0 Å². The van der Waals surface area contributed by atoms with Gasteiger partial charge >= 0.3 is 0 Å². The summed E-state index contributed by atoms with van der Waals surface area (Å²) in [7, 11) is 1.86. The maximum absolute atomic E-state index is 12.4. The molecule has 1 saturated heterocycles. The first-order valence-electron chi connectivity index (χ1n) is 7.47. The SMILES string of the molecule is Cc1cc(NC(=O)C2CCCN(c3ncccn3)C2)nn1C. The molecule has 0 aromatic carbocycles. The third-order valence-electron chi connectivity index (χ3n) is 3.99. The van der Waals surface area contributed by atoms with E-state index in [4.69, 9.17) is 0 Å². The Labute approximate surface area is 129 Å².